The van der Waals surface area contributed by atoms with Gasteiger partial charge in [-0.05, 0) is 48.9 Å². The molecule has 0 saturated heterocycles. The fourth-order valence-corrected chi connectivity index (χ4v) is 4.33. The minimum atomic E-state index is -4.04. The first-order valence-electron chi connectivity index (χ1n) is 10.4. The third kappa shape index (κ3) is 7.15. The number of carbonyl (C=O) groups is 2. The number of carbonyl (C=O) groups excluding carboxylic acids is 2. The normalized spacial score (nSPS) is 14.3. The van der Waals surface area contributed by atoms with Gasteiger partial charge in [0.25, 0.3) is 0 Å². The van der Waals surface area contributed by atoms with Crippen LogP contribution in [0.15, 0.2) is 54.6 Å². The molecule has 1 amide bonds. The molecule has 2 rings (SSSR count). The molecule has 32 heavy (non-hydrogen) atoms. The topological polar surface area (TPSA) is 153 Å². The van der Waals surface area contributed by atoms with Crippen molar-refractivity contribution in [1.82, 2.24) is 5.32 Å². The molecule has 0 fully saturated rings. The van der Waals surface area contributed by atoms with E-state index in [4.69, 9.17) is 11.5 Å². The largest absolute Gasteiger partial charge is 0.508 e. The molecule has 6 N–H and O–H groups in total. The summed E-state index contributed by atoms with van der Waals surface area (Å²) in [4.78, 5) is 22.9. The van der Waals surface area contributed by atoms with Crippen LogP contribution >= 0.6 is 0 Å². The van der Waals surface area contributed by atoms with E-state index in [1.165, 1.54) is 12.1 Å². The van der Waals surface area contributed by atoms with Crippen molar-refractivity contribution in [1.29, 1.82) is 0 Å². The summed E-state index contributed by atoms with van der Waals surface area (Å²) in [6, 6.07) is 14.7. The molecule has 2 aromatic carbocycles. The molecular weight excluding hydrogens is 430 g/mol. The maximum absolute atomic E-state index is 12.9. The summed E-state index contributed by atoms with van der Waals surface area (Å²) < 4.78 is 24.7. The van der Waals surface area contributed by atoms with Gasteiger partial charge >= 0.3 is 0 Å². The highest BCUT2D eigenvalue weighted by Gasteiger charge is 2.46. The van der Waals surface area contributed by atoms with E-state index >= 15 is 0 Å². The summed E-state index contributed by atoms with van der Waals surface area (Å²) in [5, 5.41) is 12.1. The Hall–Kier alpha value is -2.75. The van der Waals surface area contributed by atoms with E-state index in [2.05, 4.69) is 5.32 Å². The summed E-state index contributed by atoms with van der Waals surface area (Å²) in [7, 11) is -4.04. The van der Waals surface area contributed by atoms with Crippen molar-refractivity contribution in [3.63, 3.8) is 0 Å². The number of aryl methyl sites for hydroxylation is 1. The number of nitrogens with two attached hydrogens (primary N) is 2. The Bertz CT molecular complexity index is 1010. The number of hydrogen-bond acceptors (Lipinski definition) is 7. The van der Waals surface area contributed by atoms with Gasteiger partial charge in [0.05, 0.1) is 6.04 Å². The lowest BCUT2D eigenvalue weighted by molar-refractivity contribution is -0.124. The van der Waals surface area contributed by atoms with Gasteiger partial charge in [-0.25, -0.2) is 8.42 Å². The van der Waals surface area contributed by atoms with Crippen LogP contribution in [0.25, 0.3) is 0 Å². The van der Waals surface area contributed by atoms with Crippen molar-refractivity contribution in [2.45, 2.75) is 43.0 Å². The number of sulfone groups is 1. The van der Waals surface area contributed by atoms with E-state index in [1.807, 2.05) is 30.3 Å². The highest BCUT2D eigenvalue weighted by molar-refractivity contribution is 7.92. The van der Waals surface area contributed by atoms with Gasteiger partial charge in [0, 0.05) is 19.2 Å². The Kier molecular flexibility index (Phi) is 8.94. The molecule has 0 spiro atoms. The third-order valence-corrected chi connectivity index (χ3v) is 7.07. The smallest absolute Gasteiger partial charge is 0.220 e. The van der Waals surface area contributed by atoms with E-state index in [0.717, 1.165) is 24.7 Å². The molecule has 0 heterocycles. The van der Waals surface area contributed by atoms with Crippen LogP contribution in [0, 0.1) is 0 Å². The average molecular weight is 462 g/mol. The Labute approximate surface area is 188 Å². The van der Waals surface area contributed by atoms with Crippen molar-refractivity contribution >= 4 is 21.5 Å². The van der Waals surface area contributed by atoms with Crippen molar-refractivity contribution in [2.75, 3.05) is 12.8 Å². The first-order chi connectivity index (χ1) is 15.0. The second-order valence-electron chi connectivity index (χ2n) is 7.94. The van der Waals surface area contributed by atoms with E-state index in [0.29, 0.717) is 12.1 Å². The monoisotopic (exact) mass is 461 g/mol. The summed E-state index contributed by atoms with van der Waals surface area (Å²) in [6.45, 7) is 0.429. The van der Waals surface area contributed by atoms with Crippen LogP contribution in [-0.4, -0.2) is 48.9 Å². The molecule has 1 unspecified atom stereocenters. The van der Waals surface area contributed by atoms with E-state index in [9.17, 15) is 23.1 Å². The molecule has 0 aromatic heterocycles. The first-order valence-corrected chi connectivity index (χ1v) is 12.3. The van der Waals surface area contributed by atoms with Crippen molar-refractivity contribution in [3.05, 3.63) is 65.7 Å². The van der Waals surface area contributed by atoms with Gasteiger partial charge in [-0.2, -0.15) is 0 Å². The van der Waals surface area contributed by atoms with Gasteiger partial charge in [-0.1, -0.05) is 42.5 Å². The summed E-state index contributed by atoms with van der Waals surface area (Å²) in [6.07, 6.45) is 1.88. The number of amides is 1. The fraction of sp³-hybridized carbons (Fsp3) is 0.391. The molecule has 0 aliphatic rings. The molecule has 9 heteroatoms. The minimum absolute atomic E-state index is 0.0548. The SMILES string of the molecule is CS(=O)(=O)C(N)(CCC(=O)NCCCc1ccccc1)C(=O)[C@@H](N)Cc1ccc(O)cc1. The van der Waals surface area contributed by atoms with Gasteiger partial charge in [-0.15, -0.1) is 0 Å². The summed E-state index contributed by atoms with van der Waals surface area (Å²) >= 11 is 0. The van der Waals surface area contributed by atoms with Crippen LogP contribution < -0.4 is 16.8 Å². The Morgan fingerprint density at radius 2 is 1.69 bits per heavy atom. The average Bonchev–Trinajstić information content (AvgIpc) is 2.76. The Balaban J connectivity index is 1.92. The van der Waals surface area contributed by atoms with Gasteiger partial charge in [0.15, 0.2) is 20.5 Å². The number of Topliss-reactive ketones (excluding diaryl/α,β-unsaturated/α-hetero) is 1. The molecule has 0 radical (unpaired) electrons. The number of nitrogens with one attached hydrogen (secondary N) is 1. The molecule has 0 bridgehead atoms. The number of ketones is 1. The quantitative estimate of drug-likeness (QED) is 0.345. The lowest BCUT2D eigenvalue weighted by Crippen LogP contribution is -2.60. The minimum Gasteiger partial charge on any atom is -0.508 e. The maximum Gasteiger partial charge on any atom is 0.220 e. The van der Waals surface area contributed by atoms with E-state index in [-0.39, 0.29) is 30.9 Å². The Morgan fingerprint density at radius 3 is 2.28 bits per heavy atom. The second-order valence-corrected chi connectivity index (χ2v) is 10.2. The number of phenols is 1. The van der Waals surface area contributed by atoms with Crippen LogP contribution in [0.1, 0.15) is 30.4 Å². The zero-order valence-electron chi connectivity index (χ0n) is 18.2. The first kappa shape index (κ1) is 25.5. The van der Waals surface area contributed by atoms with Crippen molar-refractivity contribution in [2.24, 2.45) is 11.5 Å². The van der Waals surface area contributed by atoms with E-state index in [1.54, 1.807) is 12.1 Å². The summed E-state index contributed by atoms with van der Waals surface area (Å²) in [5.74, 6) is -1.16. The summed E-state index contributed by atoms with van der Waals surface area (Å²) in [5.41, 5.74) is 13.8. The van der Waals surface area contributed by atoms with Crippen LogP contribution in [0.2, 0.25) is 0 Å². The molecule has 2 atom stereocenters. The Morgan fingerprint density at radius 1 is 1.06 bits per heavy atom. The number of aromatic hydroxyl groups is 1. The maximum atomic E-state index is 12.9. The molecular formula is C23H31N3O5S. The number of rotatable bonds is 12. The molecule has 174 valence electrons. The molecule has 0 aliphatic heterocycles. The standard InChI is InChI=1S/C23H31N3O5S/c1-32(30,31)23(25,22(29)20(24)16-18-9-11-19(27)12-10-18)14-13-21(28)26-15-5-8-17-6-3-2-4-7-17/h2-4,6-7,9-12,20,27H,5,8,13-16,24-25H2,1H3,(H,26,28)/t20-,23?/m0/s1. The van der Waals surface area contributed by atoms with Crippen molar-refractivity contribution in [3.8, 4) is 5.75 Å². The number of hydrogen-bond donors (Lipinski definition) is 4. The highest BCUT2D eigenvalue weighted by Crippen LogP contribution is 2.21. The van der Waals surface area contributed by atoms with Crippen LogP contribution in [0.5, 0.6) is 5.75 Å². The fourth-order valence-electron chi connectivity index (χ4n) is 3.34. The molecule has 8 nitrogen and oxygen atoms in total. The lowest BCUT2D eigenvalue weighted by Gasteiger charge is -2.28. The van der Waals surface area contributed by atoms with Crippen LogP contribution in [-0.2, 0) is 32.3 Å². The molecule has 0 saturated carbocycles. The number of phenolic OH excluding ortho intramolecular Hbond substituents is 1. The second kappa shape index (κ2) is 11.2. The predicted molar refractivity (Wildman–Crippen MR) is 124 cm³/mol. The number of benzene rings is 2. The molecule has 2 aromatic rings. The van der Waals surface area contributed by atoms with Gasteiger partial charge in [0.1, 0.15) is 5.75 Å². The molecule has 0 aliphatic carbocycles. The third-order valence-electron chi connectivity index (χ3n) is 5.34. The highest BCUT2D eigenvalue weighted by atomic mass is 32.2. The van der Waals surface area contributed by atoms with Gasteiger partial charge in [-0.3, -0.25) is 9.59 Å². The van der Waals surface area contributed by atoms with Gasteiger partial charge < -0.3 is 21.9 Å². The lowest BCUT2D eigenvalue weighted by atomic mass is 9.96. The zero-order valence-corrected chi connectivity index (χ0v) is 19.0. The van der Waals surface area contributed by atoms with E-state index < -0.39 is 26.5 Å². The van der Waals surface area contributed by atoms with Crippen LogP contribution in [0.4, 0.5) is 0 Å². The van der Waals surface area contributed by atoms with Gasteiger partial charge in [0.2, 0.25) is 5.91 Å². The van der Waals surface area contributed by atoms with Crippen LogP contribution in [0.3, 0.4) is 0 Å². The predicted octanol–water partition coefficient (Wildman–Crippen LogP) is 1.06. The van der Waals surface area contributed by atoms with Crippen molar-refractivity contribution < 1.29 is 23.1 Å². The zero-order chi connectivity index (χ0) is 23.8.